The van der Waals surface area contributed by atoms with Crippen molar-refractivity contribution in [2.45, 2.75) is 20.5 Å². The molecule has 0 saturated carbocycles. The summed E-state index contributed by atoms with van der Waals surface area (Å²) >= 11 is 0. The van der Waals surface area contributed by atoms with Crippen molar-refractivity contribution in [3.63, 3.8) is 0 Å². The van der Waals surface area contributed by atoms with E-state index >= 15 is 0 Å². The SMILES string of the molecule is COCc1cccc(C(=O)OCC(=O)Nc2ccc(C)c(C)c2)c1. The van der Waals surface area contributed by atoms with Crippen molar-refractivity contribution in [1.82, 2.24) is 0 Å². The van der Waals surface area contributed by atoms with Crippen molar-refractivity contribution >= 4 is 17.6 Å². The number of hydrogen-bond donors (Lipinski definition) is 1. The molecule has 0 fully saturated rings. The largest absolute Gasteiger partial charge is 0.452 e. The Labute approximate surface area is 141 Å². The maximum absolute atomic E-state index is 12.0. The predicted molar refractivity (Wildman–Crippen MR) is 92.0 cm³/mol. The number of amides is 1. The molecule has 0 radical (unpaired) electrons. The van der Waals surface area contributed by atoms with E-state index in [1.54, 1.807) is 25.3 Å². The first kappa shape index (κ1) is 17.7. The monoisotopic (exact) mass is 327 g/mol. The van der Waals surface area contributed by atoms with E-state index in [0.717, 1.165) is 16.7 Å². The zero-order valence-corrected chi connectivity index (χ0v) is 14.1. The number of aryl methyl sites for hydroxylation is 2. The van der Waals surface area contributed by atoms with Crippen LogP contribution in [0.25, 0.3) is 0 Å². The molecule has 2 aromatic carbocycles. The fraction of sp³-hybridized carbons (Fsp3) is 0.263. The number of benzene rings is 2. The molecule has 0 aliphatic carbocycles. The van der Waals surface area contributed by atoms with Gasteiger partial charge in [-0.1, -0.05) is 18.2 Å². The van der Waals surface area contributed by atoms with Crippen LogP contribution in [0.4, 0.5) is 5.69 Å². The van der Waals surface area contributed by atoms with Crippen LogP contribution in [0.15, 0.2) is 42.5 Å². The standard InChI is InChI=1S/C19H21NO4/c1-13-7-8-17(9-14(13)2)20-18(21)12-24-19(22)16-6-4-5-15(10-16)11-23-3/h4-10H,11-12H2,1-3H3,(H,20,21). The summed E-state index contributed by atoms with van der Waals surface area (Å²) in [5.74, 6) is -0.914. The van der Waals surface area contributed by atoms with Gasteiger partial charge in [-0.3, -0.25) is 4.79 Å². The lowest BCUT2D eigenvalue weighted by Gasteiger charge is -2.09. The van der Waals surface area contributed by atoms with Crippen LogP contribution >= 0.6 is 0 Å². The molecule has 0 aliphatic rings. The van der Waals surface area contributed by atoms with E-state index in [1.165, 1.54) is 0 Å². The third-order valence-corrected chi connectivity index (χ3v) is 3.60. The van der Waals surface area contributed by atoms with E-state index < -0.39 is 5.97 Å². The van der Waals surface area contributed by atoms with E-state index in [2.05, 4.69) is 5.32 Å². The van der Waals surface area contributed by atoms with Gasteiger partial charge >= 0.3 is 5.97 Å². The van der Waals surface area contributed by atoms with Crippen LogP contribution in [-0.4, -0.2) is 25.6 Å². The molecule has 0 atom stereocenters. The molecule has 1 N–H and O–H groups in total. The highest BCUT2D eigenvalue weighted by atomic mass is 16.5. The molecule has 2 aromatic rings. The first-order valence-corrected chi connectivity index (χ1v) is 7.61. The molecule has 0 heterocycles. The summed E-state index contributed by atoms with van der Waals surface area (Å²) in [5, 5.41) is 2.71. The lowest BCUT2D eigenvalue weighted by molar-refractivity contribution is -0.119. The number of methoxy groups -OCH3 is 1. The smallest absolute Gasteiger partial charge is 0.338 e. The van der Waals surface area contributed by atoms with Crippen LogP contribution < -0.4 is 5.32 Å². The van der Waals surface area contributed by atoms with Gasteiger partial charge in [0.15, 0.2) is 6.61 Å². The van der Waals surface area contributed by atoms with Crippen molar-refractivity contribution < 1.29 is 19.1 Å². The van der Waals surface area contributed by atoms with Crippen molar-refractivity contribution in [2.24, 2.45) is 0 Å². The molecule has 0 bridgehead atoms. The van der Waals surface area contributed by atoms with Gasteiger partial charge in [0.1, 0.15) is 0 Å². The second-order valence-electron chi connectivity index (χ2n) is 5.56. The van der Waals surface area contributed by atoms with E-state index in [0.29, 0.717) is 17.9 Å². The van der Waals surface area contributed by atoms with Gasteiger partial charge in [-0.05, 0) is 54.8 Å². The molecule has 0 aliphatic heterocycles. The highest BCUT2D eigenvalue weighted by Crippen LogP contribution is 2.14. The normalized spacial score (nSPS) is 10.3. The Balaban J connectivity index is 1.90. The van der Waals surface area contributed by atoms with Gasteiger partial charge in [0.2, 0.25) is 0 Å². The number of esters is 1. The molecule has 24 heavy (non-hydrogen) atoms. The summed E-state index contributed by atoms with van der Waals surface area (Å²) in [6, 6.07) is 12.6. The molecule has 0 unspecified atom stereocenters. The quantitative estimate of drug-likeness (QED) is 0.827. The van der Waals surface area contributed by atoms with Gasteiger partial charge in [-0.25, -0.2) is 4.79 Å². The van der Waals surface area contributed by atoms with E-state index in [1.807, 2.05) is 38.1 Å². The van der Waals surface area contributed by atoms with Gasteiger partial charge in [-0.15, -0.1) is 0 Å². The predicted octanol–water partition coefficient (Wildman–Crippen LogP) is 3.25. The fourth-order valence-corrected chi connectivity index (χ4v) is 2.19. The first-order chi connectivity index (χ1) is 11.5. The summed E-state index contributed by atoms with van der Waals surface area (Å²) in [6.45, 7) is 4.05. The highest BCUT2D eigenvalue weighted by Gasteiger charge is 2.11. The third kappa shape index (κ3) is 4.93. The van der Waals surface area contributed by atoms with Crippen LogP contribution in [0.1, 0.15) is 27.0 Å². The van der Waals surface area contributed by atoms with Gasteiger partial charge in [-0.2, -0.15) is 0 Å². The van der Waals surface area contributed by atoms with Crippen molar-refractivity contribution in [3.05, 3.63) is 64.7 Å². The summed E-state index contributed by atoms with van der Waals surface area (Å²) in [4.78, 5) is 23.9. The second-order valence-corrected chi connectivity index (χ2v) is 5.56. The fourth-order valence-electron chi connectivity index (χ4n) is 2.19. The van der Waals surface area contributed by atoms with Gasteiger partial charge in [0.05, 0.1) is 12.2 Å². The minimum absolute atomic E-state index is 0.333. The van der Waals surface area contributed by atoms with E-state index in [9.17, 15) is 9.59 Å². The molecule has 0 aromatic heterocycles. The van der Waals surface area contributed by atoms with Gasteiger partial charge in [0, 0.05) is 12.8 Å². The summed E-state index contributed by atoms with van der Waals surface area (Å²) < 4.78 is 10.1. The second kappa shape index (κ2) is 8.26. The average Bonchev–Trinajstić information content (AvgIpc) is 2.56. The Kier molecular flexibility index (Phi) is 6.09. The Hall–Kier alpha value is -2.66. The topological polar surface area (TPSA) is 64.6 Å². The molecule has 5 nitrogen and oxygen atoms in total. The number of rotatable bonds is 6. The molecule has 5 heteroatoms. The number of carbonyl (C=O) groups excluding carboxylic acids is 2. The van der Waals surface area contributed by atoms with Crippen LogP contribution in [0.5, 0.6) is 0 Å². The summed E-state index contributed by atoms with van der Waals surface area (Å²) in [7, 11) is 1.59. The van der Waals surface area contributed by atoms with Crippen molar-refractivity contribution in [3.8, 4) is 0 Å². The highest BCUT2D eigenvalue weighted by molar-refractivity contribution is 5.95. The van der Waals surface area contributed by atoms with Crippen LogP contribution in [0.3, 0.4) is 0 Å². The Morgan fingerprint density at radius 1 is 1.04 bits per heavy atom. The minimum atomic E-state index is -0.539. The number of anilines is 1. The Morgan fingerprint density at radius 3 is 2.54 bits per heavy atom. The van der Waals surface area contributed by atoms with Crippen molar-refractivity contribution in [1.29, 1.82) is 0 Å². The van der Waals surface area contributed by atoms with Crippen molar-refractivity contribution in [2.75, 3.05) is 19.0 Å². The molecular weight excluding hydrogens is 306 g/mol. The van der Waals surface area contributed by atoms with E-state index in [-0.39, 0.29) is 12.5 Å². The lowest BCUT2D eigenvalue weighted by Crippen LogP contribution is -2.21. The van der Waals surface area contributed by atoms with E-state index in [4.69, 9.17) is 9.47 Å². The number of hydrogen-bond acceptors (Lipinski definition) is 4. The zero-order valence-electron chi connectivity index (χ0n) is 14.1. The Bertz CT molecular complexity index is 740. The van der Waals surface area contributed by atoms with Gasteiger partial charge in [0.25, 0.3) is 5.91 Å². The molecule has 2 rings (SSSR count). The molecule has 0 spiro atoms. The molecule has 126 valence electrons. The van der Waals surface area contributed by atoms with Crippen LogP contribution in [-0.2, 0) is 20.9 Å². The number of ether oxygens (including phenoxy) is 2. The van der Waals surface area contributed by atoms with Crippen LogP contribution in [0.2, 0.25) is 0 Å². The third-order valence-electron chi connectivity index (χ3n) is 3.60. The van der Waals surface area contributed by atoms with Gasteiger partial charge < -0.3 is 14.8 Å². The lowest BCUT2D eigenvalue weighted by atomic mass is 10.1. The molecular formula is C19H21NO4. The Morgan fingerprint density at radius 2 is 1.83 bits per heavy atom. The summed E-state index contributed by atoms with van der Waals surface area (Å²) in [5.41, 5.74) is 4.17. The maximum Gasteiger partial charge on any atom is 0.338 e. The number of nitrogens with one attached hydrogen (secondary N) is 1. The zero-order chi connectivity index (χ0) is 17.5. The maximum atomic E-state index is 12.0. The minimum Gasteiger partial charge on any atom is -0.452 e. The molecule has 1 amide bonds. The first-order valence-electron chi connectivity index (χ1n) is 7.61. The summed E-state index contributed by atoms with van der Waals surface area (Å²) in [6.07, 6.45) is 0. The number of carbonyl (C=O) groups is 2. The molecule has 0 saturated heterocycles. The van der Waals surface area contributed by atoms with Crippen LogP contribution in [0, 0.1) is 13.8 Å². The average molecular weight is 327 g/mol.